The smallest absolute Gasteiger partial charge is 0.417 e. The summed E-state index contributed by atoms with van der Waals surface area (Å²) in [6, 6.07) is 15.0. The normalized spacial score (nSPS) is 13.9. The number of sulfonamides is 1. The highest BCUT2D eigenvalue weighted by molar-refractivity contribution is 7.92. The van der Waals surface area contributed by atoms with E-state index in [9.17, 15) is 18.0 Å². The highest BCUT2D eigenvalue weighted by Gasteiger charge is 2.31. The van der Waals surface area contributed by atoms with E-state index in [2.05, 4.69) is 15.0 Å². The van der Waals surface area contributed by atoms with Crippen LogP contribution in [0.15, 0.2) is 73.5 Å². The van der Waals surface area contributed by atoms with E-state index >= 15 is 0 Å². The molecule has 0 saturated carbocycles. The lowest BCUT2D eigenvalue weighted by molar-refractivity contribution is 0.316. The van der Waals surface area contributed by atoms with Crippen molar-refractivity contribution in [3.8, 4) is 16.9 Å². The van der Waals surface area contributed by atoms with Crippen LogP contribution >= 0.6 is 0 Å². The molecular weight excluding hydrogens is 448 g/mol. The van der Waals surface area contributed by atoms with Crippen LogP contribution < -0.4 is 20.5 Å². The number of imidazole rings is 1. The van der Waals surface area contributed by atoms with Gasteiger partial charge in [0.05, 0.1) is 33.7 Å². The molecule has 33 heavy (non-hydrogen) atoms. The first-order valence-electron chi connectivity index (χ1n) is 10.0. The van der Waals surface area contributed by atoms with Gasteiger partial charge in [-0.05, 0) is 53.6 Å². The number of ether oxygens (including phenoxy) is 1. The van der Waals surface area contributed by atoms with Crippen LogP contribution in [-0.4, -0.2) is 36.5 Å². The molecule has 1 aliphatic rings. The SMILES string of the molecule is O=c1[nH]c2ccc(S(=O)(=O)N3CCOc4ccc(-c5ccc6oc(=O)[nH]c6c5)cc43)cc2[nH]1. The monoisotopic (exact) mass is 464 g/mol. The molecule has 0 aliphatic carbocycles. The van der Waals surface area contributed by atoms with Crippen LogP contribution in [-0.2, 0) is 10.0 Å². The summed E-state index contributed by atoms with van der Waals surface area (Å²) in [5, 5.41) is 0. The van der Waals surface area contributed by atoms with Crippen LogP contribution in [0.1, 0.15) is 0 Å². The van der Waals surface area contributed by atoms with Crippen molar-refractivity contribution in [3.05, 3.63) is 75.6 Å². The van der Waals surface area contributed by atoms with Crippen molar-refractivity contribution in [3.63, 3.8) is 0 Å². The average molecular weight is 464 g/mol. The molecule has 1 aliphatic heterocycles. The number of aromatic nitrogens is 3. The average Bonchev–Trinajstić information content (AvgIpc) is 3.37. The first kappa shape index (κ1) is 19.4. The molecule has 0 unspecified atom stereocenters. The van der Waals surface area contributed by atoms with E-state index in [4.69, 9.17) is 9.15 Å². The zero-order valence-corrected chi connectivity index (χ0v) is 17.7. The molecule has 3 N–H and O–H groups in total. The summed E-state index contributed by atoms with van der Waals surface area (Å²) < 4.78 is 39.1. The summed E-state index contributed by atoms with van der Waals surface area (Å²) in [5.74, 6) is -0.0958. The van der Waals surface area contributed by atoms with Crippen molar-refractivity contribution >= 4 is 37.8 Å². The van der Waals surface area contributed by atoms with Gasteiger partial charge < -0.3 is 19.1 Å². The Morgan fingerprint density at radius 2 is 1.61 bits per heavy atom. The second kappa shape index (κ2) is 6.87. The highest BCUT2D eigenvalue weighted by Crippen LogP contribution is 2.39. The molecule has 11 heteroatoms. The molecule has 0 saturated heterocycles. The minimum atomic E-state index is -3.93. The topological polar surface area (TPSA) is 141 Å². The Bertz CT molecular complexity index is 1780. The van der Waals surface area contributed by atoms with Gasteiger partial charge in [0.1, 0.15) is 12.4 Å². The fourth-order valence-electron chi connectivity index (χ4n) is 4.05. The summed E-state index contributed by atoms with van der Waals surface area (Å²) in [5.41, 5.74) is 3.43. The maximum Gasteiger partial charge on any atom is 0.417 e. The van der Waals surface area contributed by atoms with Gasteiger partial charge in [0.25, 0.3) is 10.0 Å². The predicted molar refractivity (Wildman–Crippen MR) is 121 cm³/mol. The number of rotatable bonds is 3. The molecule has 0 radical (unpaired) electrons. The third-order valence-electron chi connectivity index (χ3n) is 5.61. The molecule has 0 atom stereocenters. The Hall–Kier alpha value is -4.25. The van der Waals surface area contributed by atoms with Gasteiger partial charge in [0.2, 0.25) is 0 Å². The van der Waals surface area contributed by atoms with Crippen molar-refractivity contribution in [2.45, 2.75) is 4.90 Å². The van der Waals surface area contributed by atoms with Crippen molar-refractivity contribution in [1.82, 2.24) is 15.0 Å². The lowest BCUT2D eigenvalue weighted by Gasteiger charge is -2.31. The van der Waals surface area contributed by atoms with Crippen LogP contribution in [0.2, 0.25) is 0 Å². The zero-order valence-electron chi connectivity index (χ0n) is 16.9. The van der Waals surface area contributed by atoms with E-state index in [1.165, 1.54) is 16.4 Å². The summed E-state index contributed by atoms with van der Waals surface area (Å²) in [7, 11) is -3.93. The van der Waals surface area contributed by atoms with E-state index in [1.807, 2.05) is 6.07 Å². The van der Waals surface area contributed by atoms with Gasteiger partial charge in [-0.2, -0.15) is 0 Å². The van der Waals surface area contributed by atoms with Crippen LogP contribution in [0.5, 0.6) is 5.75 Å². The van der Waals surface area contributed by atoms with E-state index < -0.39 is 21.5 Å². The second-order valence-electron chi connectivity index (χ2n) is 7.62. The van der Waals surface area contributed by atoms with Crippen LogP contribution in [0, 0.1) is 0 Å². The maximum atomic E-state index is 13.5. The Balaban J connectivity index is 1.45. The highest BCUT2D eigenvalue weighted by atomic mass is 32.2. The Labute approximate surface area is 185 Å². The van der Waals surface area contributed by atoms with Gasteiger partial charge in [-0.3, -0.25) is 9.29 Å². The van der Waals surface area contributed by atoms with Crippen LogP contribution in [0.25, 0.3) is 33.3 Å². The first-order valence-corrected chi connectivity index (χ1v) is 11.5. The van der Waals surface area contributed by atoms with E-state index in [1.54, 1.807) is 36.4 Å². The standard InChI is InChI=1S/C22H16N4O6S/c27-21-23-15-4-3-14(11-16(15)24-21)33(29,30)26-7-8-31-20-6-2-13(10-18(20)26)12-1-5-19-17(9-12)25-22(28)32-19/h1-6,9-11H,7-8H2,(H,25,28)(H2,23,24,27). The molecule has 166 valence electrons. The van der Waals surface area contributed by atoms with Crippen LogP contribution in [0.3, 0.4) is 0 Å². The Kier molecular flexibility index (Phi) is 4.05. The van der Waals surface area contributed by atoms with Gasteiger partial charge >= 0.3 is 11.4 Å². The molecular formula is C22H16N4O6S. The molecule has 0 spiro atoms. The fourth-order valence-corrected chi connectivity index (χ4v) is 5.53. The van der Waals surface area contributed by atoms with Crippen molar-refractivity contribution in [2.24, 2.45) is 0 Å². The molecule has 3 heterocycles. The summed E-state index contributed by atoms with van der Waals surface area (Å²) in [6.45, 7) is 0.339. The molecule has 10 nitrogen and oxygen atoms in total. The van der Waals surface area contributed by atoms with Crippen molar-refractivity contribution < 1.29 is 17.6 Å². The third kappa shape index (κ3) is 3.12. The van der Waals surface area contributed by atoms with Gasteiger partial charge in [0, 0.05) is 0 Å². The minimum absolute atomic E-state index is 0.0564. The largest absolute Gasteiger partial charge is 0.489 e. The molecule has 2 aromatic heterocycles. The van der Waals surface area contributed by atoms with E-state index in [0.717, 1.165) is 11.1 Å². The van der Waals surface area contributed by atoms with Crippen LogP contribution in [0.4, 0.5) is 5.69 Å². The van der Waals surface area contributed by atoms with Crippen molar-refractivity contribution in [1.29, 1.82) is 0 Å². The number of nitrogens with zero attached hydrogens (tertiary/aromatic N) is 1. The summed E-state index contributed by atoms with van der Waals surface area (Å²) >= 11 is 0. The number of fused-ring (bicyclic) bond motifs is 3. The first-order chi connectivity index (χ1) is 15.9. The molecule has 0 amide bonds. The molecule has 6 rings (SSSR count). The number of benzene rings is 3. The second-order valence-corrected chi connectivity index (χ2v) is 9.48. The molecule has 0 fully saturated rings. The van der Waals surface area contributed by atoms with E-state index in [0.29, 0.717) is 33.6 Å². The number of H-pyrrole nitrogens is 3. The van der Waals surface area contributed by atoms with Gasteiger partial charge in [-0.15, -0.1) is 0 Å². The number of nitrogens with one attached hydrogen (secondary N) is 3. The number of anilines is 1. The Morgan fingerprint density at radius 1 is 0.818 bits per heavy atom. The zero-order chi connectivity index (χ0) is 22.7. The van der Waals surface area contributed by atoms with Gasteiger partial charge in [-0.1, -0.05) is 12.1 Å². The van der Waals surface area contributed by atoms with Gasteiger partial charge in [0.15, 0.2) is 5.58 Å². The maximum absolute atomic E-state index is 13.5. The third-order valence-corrected chi connectivity index (χ3v) is 7.42. The summed E-state index contributed by atoms with van der Waals surface area (Å²) in [4.78, 5) is 30.9. The number of hydrogen-bond donors (Lipinski definition) is 3. The lowest BCUT2D eigenvalue weighted by atomic mass is 10.0. The van der Waals surface area contributed by atoms with E-state index in [-0.39, 0.29) is 18.0 Å². The minimum Gasteiger partial charge on any atom is -0.489 e. The quantitative estimate of drug-likeness (QED) is 0.375. The molecule has 5 aromatic rings. The molecule has 0 bridgehead atoms. The number of hydrogen-bond acceptors (Lipinski definition) is 6. The molecule has 3 aromatic carbocycles. The number of oxazole rings is 1. The lowest BCUT2D eigenvalue weighted by Crippen LogP contribution is -2.37. The van der Waals surface area contributed by atoms with Crippen molar-refractivity contribution in [2.75, 3.05) is 17.5 Å². The Morgan fingerprint density at radius 3 is 2.48 bits per heavy atom. The fraction of sp³-hybridized carbons (Fsp3) is 0.0909. The summed E-state index contributed by atoms with van der Waals surface area (Å²) in [6.07, 6.45) is 0. The number of aromatic amines is 3. The predicted octanol–water partition coefficient (Wildman–Crippen LogP) is 2.55. The van der Waals surface area contributed by atoms with Gasteiger partial charge in [-0.25, -0.2) is 18.0 Å².